The van der Waals surface area contributed by atoms with Gasteiger partial charge in [0.1, 0.15) is 22.1 Å². The summed E-state index contributed by atoms with van der Waals surface area (Å²) in [6.07, 6.45) is 0.672. The van der Waals surface area contributed by atoms with Gasteiger partial charge in [0.25, 0.3) is 0 Å². The van der Waals surface area contributed by atoms with Crippen LogP contribution in [0.15, 0.2) is 45.8 Å². The van der Waals surface area contributed by atoms with Gasteiger partial charge in [0, 0.05) is 35.7 Å². The van der Waals surface area contributed by atoms with Crippen molar-refractivity contribution in [3.63, 3.8) is 0 Å². The maximum Gasteiger partial charge on any atom is 0.246 e. The van der Waals surface area contributed by atoms with E-state index >= 15 is 0 Å². The van der Waals surface area contributed by atoms with Gasteiger partial charge in [-0.3, -0.25) is 0 Å². The first-order chi connectivity index (χ1) is 15.8. The van der Waals surface area contributed by atoms with Crippen molar-refractivity contribution in [1.29, 1.82) is 0 Å². The summed E-state index contributed by atoms with van der Waals surface area (Å²) in [7, 11) is 0.859. The van der Waals surface area contributed by atoms with E-state index in [1.807, 2.05) is 32.0 Å². The van der Waals surface area contributed by atoms with Crippen LogP contribution in [0.5, 0.6) is 17.2 Å². The number of aryl methyl sites for hydroxylation is 1. The molecule has 0 spiro atoms. The third-order valence-electron chi connectivity index (χ3n) is 6.23. The fourth-order valence-electron chi connectivity index (χ4n) is 4.20. The van der Waals surface area contributed by atoms with Crippen LogP contribution in [0.3, 0.4) is 0 Å². The average molecular weight is 473 g/mol. The molecule has 176 valence electrons. The highest BCUT2D eigenvalue weighted by Gasteiger charge is 2.36. The first-order valence-corrected chi connectivity index (χ1v) is 12.1. The van der Waals surface area contributed by atoms with E-state index in [2.05, 4.69) is 5.16 Å². The van der Waals surface area contributed by atoms with E-state index in [0.29, 0.717) is 36.6 Å². The highest BCUT2D eigenvalue weighted by atomic mass is 32.2. The maximum absolute atomic E-state index is 13.7. The van der Waals surface area contributed by atoms with Crippen molar-refractivity contribution in [2.75, 3.05) is 34.4 Å². The Hall–Kier alpha value is -3.04. The standard InChI is InChI=1S/C24H28N2O6S/c1-15-16(2)25-32-24(15)17-6-8-22(31-5)23(12-17)33(27,28)26-11-10-18(14-26)20-13-19(29-3)7-9-21(20)30-4/h6-9,12-13,18H,10-11,14H2,1-5H3/t18-/m0/s1. The molecule has 1 aromatic heterocycles. The molecule has 1 aliphatic rings. The molecule has 2 aromatic carbocycles. The van der Waals surface area contributed by atoms with Crippen LogP contribution in [-0.4, -0.2) is 52.3 Å². The number of ether oxygens (including phenoxy) is 3. The summed E-state index contributed by atoms with van der Waals surface area (Å²) in [6.45, 7) is 4.47. The number of methoxy groups -OCH3 is 3. The van der Waals surface area contributed by atoms with Crippen LogP contribution in [0.1, 0.15) is 29.2 Å². The first-order valence-electron chi connectivity index (χ1n) is 10.6. The number of rotatable bonds is 7. The Balaban J connectivity index is 1.68. The second-order valence-corrected chi connectivity index (χ2v) is 9.95. The molecule has 1 saturated heterocycles. The number of benzene rings is 2. The number of aromatic nitrogens is 1. The molecule has 1 aliphatic heterocycles. The number of hydrogen-bond donors (Lipinski definition) is 0. The summed E-state index contributed by atoms with van der Waals surface area (Å²) < 4.78 is 50.6. The molecule has 1 atom stereocenters. The number of nitrogens with zero attached hydrogens (tertiary/aromatic N) is 2. The monoisotopic (exact) mass is 472 g/mol. The fraction of sp³-hybridized carbons (Fsp3) is 0.375. The van der Waals surface area contributed by atoms with Crippen LogP contribution in [0, 0.1) is 13.8 Å². The van der Waals surface area contributed by atoms with Crippen molar-refractivity contribution >= 4 is 10.0 Å². The Kier molecular flexibility index (Phi) is 6.36. The van der Waals surface area contributed by atoms with Crippen molar-refractivity contribution in [3.05, 3.63) is 53.2 Å². The maximum atomic E-state index is 13.7. The van der Waals surface area contributed by atoms with Gasteiger partial charge in [-0.05, 0) is 56.7 Å². The molecule has 0 amide bonds. The van der Waals surface area contributed by atoms with E-state index in [0.717, 1.165) is 22.6 Å². The van der Waals surface area contributed by atoms with Crippen LogP contribution >= 0.6 is 0 Å². The molecule has 4 rings (SSSR count). The lowest BCUT2D eigenvalue weighted by molar-refractivity contribution is 0.393. The molecule has 2 heterocycles. The van der Waals surface area contributed by atoms with E-state index in [-0.39, 0.29) is 16.6 Å². The first kappa shape index (κ1) is 23.1. The topological polar surface area (TPSA) is 91.1 Å². The lowest BCUT2D eigenvalue weighted by atomic mass is 9.97. The molecule has 8 nitrogen and oxygen atoms in total. The minimum absolute atomic E-state index is 0.0156. The van der Waals surface area contributed by atoms with E-state index < -0.39 is 10.0 Å². The Morgan fingerprint density at radius 3 is 2.36 bits per heavy atom. The smallest absolute Gasteiger partial charge is 0.246 e. The fourth-order valence-corrected chi connectivity index (χ4v) is 5.88. The normalized spacial score (nSPS) is 16.7. The van der Waals surface area contributed by atoms with Gasteiger partial charge in [0.05, 0.1) is 27.0 Å². The van der Waals surface area contributed by atoms with Crippen molar-refractivity contribution in [2.24, 2.45) is 0 Å². The van der Waals surface area contributed by atoms with Crippen molar-refractivity contribution in [1.82, 2.24) is 9.46 Å². The zero-order valence-electron chi connectivity index (χ0n) is 19.4. The quantitative estimate of drug-likeness (QED) is 0.510. The van der Waals surface area contributed by atoms with Gasteiger partial charge in [0.2, 0.25) is 10.0 Å². The van der Waals surface area contributed by atoms with Crippen LogP contribution < -0.4 is 14.2 Å². The second kappa shape index (κ2) is 9.07. The van der Waals surface area contributed by atoms with E-state index in [1.54, 1.807) is 32.4 Å². The molecule has 9 heteroatoms. The highest BCUT2D eigenvalue weighted by molar-refractivity contribution is 7.89. The highest BCUT2D eigenvalue weighted by Crippen LogP contribution is 2.40. The minimum Gasteiger partial charge on any atom is -0.497 e. The molecular formula is C24H28N2O6S. The lowest BCUT2D eigenvalue weighted by Crippen LogP contribution is -2.29. The molecule has 3 aromatic rings. The molecular weight excluding hydrogens is 444 g/mol. The molecule has 0 N–H and O–H groups in total. The van der Waals surface area contributed by atoms with Crippen LogP contribution in [0.25, 0.3) is 11.3 Å². The van der Waals surface area contributed by atoms with Gasteiger partial charge in [-0.1, -0.05) is 5.16 Å². The molecule has 0 radical (unpaired) electrons. The Bertz CT molecular complexity index is 1270. The Morgan fingerprint density at radius 2 is 1.73 bits per heavy atom. The zero-order valence-corrected chi connectivity index (χ0v) is 20.2. The van der Waals surface area contributed by atoms with Gasteiger partial charge in [-0.25, -0.2) is 8.42 Å². The molecule has 0 aliphatic carbocycles. The number of hydrogen-bond acceptors (Lipinski definition) is 7. The van der Waals surface area contributed by atoms with Gasteiger partial charge < -0.3 is 18.7 Å². The molecule has 0 bridgehead atoms. The van der Waals surface area contributed by atoms with Crippen molar-refractivity contribution < 1.29 is 27.2 Å². The third kappa shape index (κ3) is 4.18. The van der Waals surface area contributed by atoms with E-state index in [4.69, 9.17) is 18.7 Å². The lowest BCUT2D eigenvalue weighted by Gasteiger charge is -2.20. The van der Waals surface area contributed by atoms with Gasteiger partial charge >= 0.3 is 0 Å². The number of sulfonamides is 1. The predicted octanol–water partition coefficient (Wildman–Crippen LogP) is 4.16. The SMILES string of the molecule is COc1ccc(OC)c([C@H]2CCN(S(=O)(=O)c3cc(-c4onc(C)c4C)ccc3OC)C2)c1. The van der Waals surface area contributed by atoms with Crippen LogP contribution in [-0.2, 0) is 10.0 Å². The molecule has 0 saturated carbocycles. The average Bonchev–Trinajstić information content (AvgIpc) is 3.46. The minimum atomic E-state index is -3.82. The second-order valence-electron chi connectivity index (χ2n) is 8.04. The molecule has 33 heavy (non-hydrogen) atoms. The Morgan fingerprint density at radius 1 is 1.00 bits per heavy atom. The van der Waals surface area contributed by atoms with Crippen molar-refractivity contribution in [3.8, 4) is 28.6 Å². The van der Waals surface area contributed by atoms with E-state index in [9.17, 15) is 8.42 Å². The summed E-state index contributed by atoms with van der Waals surface area (Å²) in [5, 5.41) is 3.99. The summed E-state index contributed by atoms with van der Waals surface area (Å²) in [4.78, 5) is 0.106. The van der Waals surface area contributed by atoms with E-state index in [1.165, 1.54) is 11.4 Å². The summed E-state index contributed by atoms with van der Waals surface area (Å²) >= 11 is 0. The predicted molar refractivity (Wildman–Crippen MR) is 124 cm³/mol. The molecule has 0 unspecified atom stereocenters. The van der Waals surface area contributed by atoms with Crippen LogP contribution in [0.2, 0.25) is 0 Å². The van der Waals surface area contributed by atoms with Gasteiger partial charge in [0.15, 0.2) is 5.76 Å². The summed E-state index contributed by atoms with van der Waals surface area (Å²) in [5.41, 5.74) is 3.20. The third-order valence-corrected chi connectivity index (χ3v) is 8.11. The Labute approximate surface area is 194 Å². The summed E-state index contributed by atoms with van der Waals surface area (Å²) in [5.74, 6) is 2.25. The van der Waals surface area contributed by atoms with Gasteiger partial charge in [-0.2, -0.15) is 4.31 Å². The van der Waals surface area contributed by atoms with Gasteiger partial charge in [-0.15, -0.1) is 0 Å². The summed E-state index contributed by atoms with van der Waals surface area (Å²) in [6, 6.07) is 10.6. The largest absolute Gasteiger partial charge is 0.497 e. The molecule has 1 fully saturated rings. The zero-order chi connectivity index (χ0) is 23.8. The van der Waals surface area contributed by atoms with Crippen molar-refractivity contribution in [2.45, 2.75) is 31.1 Å². The van der Waals surface area contributed by atoms with Crippen LogP contribution in [0.4, 0.5) is 0 Å².